The fourth-order valence-corrected chi connectivity index (χ4v) is 10.0. The van der Waals surface area contributed by atoms with Gasteiger partial charge < -0.3 is 14.2 Å². The van der Waals surface area contributed by atoms with E-state index in [4.69, 9.17) is 14.2 Å². The third kappa shape index (κ3) is 60.6. The number of allylic oxidation sites excluding steroid dienone is 4. The molecular weight excluding hydrogens is 901 g/mol. The summed E-state index contributed by atoms with van der Waals surface area (Å²) in [6, 6.07) is 0. The molecule has 0 spiro atoms. The molecule has 0 bridgehead atoms. The van der Waals surface area contributed by atoms with Crippen molar-refractivity contribution in [1.29, 1.82) is 0 Å². The lowest BCUT2D eigenvalue weighted by atomic mass is 10.0. The first-order valence-corrected chi connectivity index (χ1v) is 32.8. The monoisotopic (exact) mass is 1030 g/mol. The zero-order valence-electron chi connectivity index (χ0n) is 49.4. The second-order valence-corrected chi connectivity index (χ2v) is 22.4. The van der Waals surface area contributed by atoms with Gasteiger partial charge in [-0.2, -0.15) is 0 Å². The van der Waals surface area contributed by atoms with E-state index in [9.17, 15) is 14.4 Å². The molecule has 0 saturated heterocycles. The van der Waals surface area contributed by atoms with Crippen molar-refractivity contribution in [2.45, 2.75) is 374 Å². The van der Waals surface area contributed by atoms with Gasteiger partial charge in [-0.1, -0.05) is 321 Å². The van der Waals surface area contributed by atoms with E-state index in [1.165, 1.54) is 263 Å². The van der Waals surface area contributed by atoms with Gasteiger partial charge in [0, 0.05) is 19.3 Å². The van der Waals surface area contributed by atoms with Gasteiger partial charge in [-0.05, 0) is 51.4 Å². The lowest BCUT2D eigenvalue weighted by Gasteiger charge is -2.18. The van der Waals surface area contributed by atoms with Crippen LogP contribution in [0, 0.1) is 0 Å². The predicted octanol–water partition coefficient (Wildman–Crippen LogP) is 22.2. The minimum absolute atomic E-state index is 0.0648. The first-order valence-electron chi connectivity index (χ1n) is 32.8. The third-order valence-corrected chi connectivity index (χ3v) is 15.0. The maximum absolute atomic E-state index is 12.9. The fraction of sp³-hybridized carbons (Fsp3) is 0.896. The van der Waals surface area contributed by atoms with Crippen LogP contribution in [-0.2, 0) is 28.6 Å². The van der Waals surface area contributed by atoms with E-state index in [1.54, 1.807) is 0 Å². The molecule has 6 heteroatoms. The molecule has 73 heavy (non-hydrogen) atoms. The van der Waals surface area contributed by atoms with Gasteiger partial charge in [0.2, 0.25) is 0 Å². The quantitative estimate of drug-likeness (QED) is 0.0261. The number of hydrogen-bond donors (Lipinski definition) is 0. The Balaban J connectivity index is 4.19. The Labute approximate surface area is 455 Å². The van der Waals surface area contributed by atoms with Gasteiger partial charge in [0.05, 0.1) is 0 Å². The van der Waals surface area contributed by atoms with Crippen LogP contribution in [0.15, 0.2) is 24.3 Å². The van der Waals surface area contributed by atoms with Gasteiger partial charge in [0.1, 0.15) is 13.2 Å². The van der Waals surface area contributed by atoms with Gasteiger partial charge in [0.15, 0.2) is 6.10 Å². The molecular formula is C67H126O6. The van der Waals surface area contributed by atoms with Crippen molar-refractivity contribution in [3.63, 3.8) is 0 Å². The Hall–Kier alpha value is -2.11. The smallest absolute Gasteiger partial charge is 0.306 e. The highest BCUT2D eigenvalue weighted by atomic mass is 16.6. The summed E-state index contributed by atoms with van der Waals surface area (Å²) in [5, 5.41) is 0. The molecule has 0 amide bonds. The van der Waals surface area contributed by atoms with Crippen molar-refractivity contribution >= 4 is 17.9 Å². The number of hydrogen-bond acceptors (Lipinski definition) is 6. The fourth-order valence-electron chi connectivity index (χ4n) is 10.0. The summed E-state index contributed by atoms with van der Waals surface area (Å²) in [6.45, 7) is 6.69. The molecule has 0 aromatic rings. The molecule has 1 unspecified atom stereocenters. The Morgan fingerprint density at radius 3 is 0.753 bits per heavy atom. The van der Waals surface area contributed by atoms with Crippen molar-refractivity contribution in [3.8, 4) is 0 Å². The van der Waals surface area contributed by atoms with E-state index in [0.29, 0.717) is 19.3 Å². The molecule has 0 aliphatic carbocycles. The van der Waals surface area contributed by atoms with Crippen LogP contribution in [-0.4, -0.2) is 37.2 Å². The molecule has 0 radical (unpaired) electrons. The van der Waals surface area contributed by atoms with Crippen LogP contribution in [0.2, 0.25) is 0 Å². The Morgan fingerprint density at radius 2 is 0.493 bits per heavy atom. The standard InChI is InChI=1S/C67H126O6/c1-4-7-10-13-16-19-22-24-26-28-30-31-32-33-34-35-37-38-40-42-45-48-51-54-57-60-66(69)72-63-64(62-71-65(68)59-56-53-50-47-44-21-18-15-12-9-6-3)73-67(70)61-58-55-52-49-46-43-41-39-36-29-27-25-23-20-17-14-11-8-5-2/h22,24,28,30,64H,4-21,23,25-27,29,31-63H2,1-3H3/b24-22-,30-28-. The highest BCUT2D eigenvalue weighted by Gasteiger charge is 2.19. The Kier molecular flexibility index (Phi) is 60.6. The SMILES string of the molecule is CCCCCCC/C=C\C/C=C\CCCCCCCCCCCCCCCC(=O)OCC(COC(=O)CCCCCCCCCCCCC)OC(=O)CCCCCCCCCCCCCCCCCCCCC. The van der Waals surface area contributed by atoms with Gasteiger partial charge in [-0.25, -0.2) is 0 Å². The molecule has 0 saturated carbocycles. The number of ether oxygens (including phenoxy) is 3. The van der Waals surface area contributed by atoms with E-state index in [1.807, 2.05) is 0 Å². The van der Waals surface area contributed by atoms with Gasteiger partial charge in [0.25, 0.3) is 0 Å². The number of esters is 3. The molecule has 430 valence electrons. The zero-order valence-corrected chi connectivity index (χ0v) is 49.4. The summed E-state index contributed by atoms with van der Waals surface area (Å²) in [5.74, 6) is -0.838. The van der Waals surface area contributed by atoms with Gasteiger partial charge >= 0.3 is 17.9 Å². The van der Waals surface area contributed by atoms with E-state index in [-0.39, 0.29) is 31.1 Å². The molecule has 0 N–H and O–H groups in total. The minimum Gasteiger partial charge on any atom is -0.462 e. The number of carbonyl (C=O) groups excluding carboxylic acids is 3. The van der Waals surface area contributed by atoms with Crippen LogP contribution < -0.4 is 0 Å². The number of rotatable bonds is 61. The molecule has 1 atom stereocenters. The molecule has 0 aromatic heterocycles. The largest absolute Gasteiger partial charge is 0.462 e. The first kappa shape index (κ1) is 70.9. The van der Waals surface area contributed by atoms with Crippen LogP contribution in [0.1, 0.15) is 367 Å². The van der Waals surface area contributed by atoms with Crippen molar-refractivity contribution in [1.82, 2.24) is 0 Å². The Bertz CT molecular complexity index is 1180. The molecule has 0 aromatic carbocycles. The van der Waals surface area contributed by atoms with Crippen LogP contribution >= 0.6 is 0 Å². The summed E-state index contributed by atoms with van der Waals surface area (Å²) in [4.78, 5) is 38.3. The van der Waals surface area contributed by atoms with Crippen LogP contribution in [0.25, 0.3) is 0 Å². The zero-order chi connectivity index (χ0) is 52.9. The van der Waals surface area contributed by atoms with Crippen LogP contribution in [0.4, 0.5) is 0 Å². The lowest BCUT2D eigenvalue weighted by molar-refractivity contribution is -0.167. The van der Waals surface area contributed by atoms with Gasteiger partial charge in [-0.15, -0.1) is 0 Å². The second-order valence-electron chi connectivity index (χ2n) is 22.4. The maximum Gasteiger partial charge on any atom is 0.306 e. The van der Waals surface area contributed by atoms with E-state index >= 15 is 0 Å². The van der Waals surface area contributed by atoms with Crippen molar-refractivity contribution in [2.24, 2.45) is 0 Å². The topological polar surface area (TPSA) is 78.9 Å². The summed E-state index contributed by atoms with van der Waals surface area (Å²) >= 11 is 0. The van der Waals surface area contributed by atoms with Crippen molar-refractivity contribution in [2.75, 3.05) is 13.2 Å². The Morgan fingerprint density at radius 1 is 0.274 bits per heavy atom. The van der Waals surface area contributed by atoms with E-state index in [2.05, 4.69) is 45.1 Å². The number of unbranched alkanes of at least 4 members (excludes halogenated alkanes) is 46. The first-order chi connectivity index (χ1) is 36.0. The summed E-state index contributed by atoms with van der Waals surface area (Å²) < 4.78 is 16.9. The molecule has 0 rings (SSSR count). The maximum atomic E-state index is 12.9. The highest BCUT2D eigenvalue weighted by Crippen LogP contribution is 2.18. The molecule has 0 aliphatic rings. The summed E-state index contributed by atoms with van der Waals surface area (Å²) in [5.41, 5.74) is 0. The van der Waals surface area contributed by atoms with E-state index in [0.717, 1.165) is 64.2 Å². The van der Waals surface area contributed by atoms with Crippen molar-refractivity contribution in [3.05, 3.63) is 24.3 Å². The lowest BCUT2D eigenvalue weighted by Crippen LogP contribution is -2.30. The molecule has 0 fully saturated rings. The van der Waals surface area contributed by atoms with Crippen molar-refractivity contribution < 1.29 is 28.6 Å². The van der Waals surface area contributed by atoms with Gasteiger partial charge in [-0.3, -0.25) is 14.4 Å². The predicted molar refractivity (Wildman–Crippen MR) is 316 cm³/mol. The third-order valence-electron chi connectivity index (χ3n) is 15.0. The molecule has 0 heterocycles. The average molecular weight is 1030 g/mol. The molecule has 6 nitrogen and oxygen atoms in total. The second kappa shape index (κ2) is 62.4. The van der Waals surface area contributed by atoms with E-state index < -0.39 is 6.10 Å². The number of carbonyl (C=O) groups is 3. The van der Waals surface area contributed by atoms with Crippen LogP contribution in [0.5, 0.6) is 0 Å². The summed E-state index contributed by atoms with van der Waals surface area (Å²) in [7, 11) is 0. The van der Waals surface area contributed by atoms with Crippen LogP contribution in [0.3, 0.4) is 0 Å². The normalized spacial score (nSPS) is 12.1. The molecule has 0 aliphatic heterocycles. The highest BCUT2D eigenvalue weighted by molar-refractivity contribution is 5.71. The average Bonchev–Trinajstić information content (AvgIpc) is 3.39. The minimum atomic E-state index is -0.766. The summed E-state index contributed by atoms with van der Waals surface area (Å²) in [6.07, 6.45) is 74.8.